The molecular weight excluding hydrogens is 334 g/mol. The highest BCUT2D eigenvalue weighted by atomic mass is 16.5. The maximum absolute atomic E-state index is 13.0. The third-order valence-corrected chi connectivity index (χ3v) is 4.61. The number of carbonyl (C=O) groups excluding carboxylic acids is 2. The Morgan fingerprint density at radius 1 is 1.35 bits per heavy atom. The van der Waals surface area contributed by atoms with Gasteiger partial charge in [-0.2, -0.15) is 0 Å². The number of ether oxygens (including phenoxy) is 1. The van der Waals surface area contributed by atoms with Crippen molar-refractivity contribution in [3.63, 3.8) is 0 Å². The van der Waals surface area contributed by atoms with Gasteiger partial charge in [0, 0.05) is 31.1 Å². The number of aromatic amines is 1. The smallest absolute Gasteiger partial charge is 0.328 e. The average molecular weight is 357 g/mol. The van der Waals surface area contributed by atoms with Crippen molar-refractivity contribution >= 4 is 12.0 Å². The fourth-order valence-electron chi connectivity index (χ4n) is 3.22. The fraction of sp³-hybridized carbons (Fsp3) is 0.444. The summed E-state index contributed by atoms with van der Waals surface area (Å²) in [4.78, 5) is 38.3. The summed E-state index contributed by atoms with van der Waals surface area (Å²) in [6.45, 7) is 4.24. The van der Waals surface area contributed by atoms with Crippen LogP contribution >= 0.6 is 0 Å². The Morgan fingerprint density at radius 2 is 2.08 bits per heavy atom. The molecule has 0 fully saturated rings. The topological polar surface area (TPSA) is 100 Å². The number of hydrogen-bond donors (Lipinski definition) is 2. The van der Waals surface area contributed by atoms with E-state index >= 15 is 0 Å². The zero-order valence-corrected chi connectivity index (χ0v) is 15.1. The van der Waals surface area contributed by atoms with E-state index in [0.717, 1.165) is 17.0 Å². The predicted molar refractivity (Wildman–Crippen MR) is 94.3 cm³/mol. The molecule has 2 aromatic rings. The fourth-order valence-corrected chi connectivity index (χ4v) is 3.22. The molecule has 0 saturated heterocycles. The van der Waals surface area contributed by atoms with Crippen molar-refractivity contribution in [1.29, 1.82) is 0 Å². The molecule has 8 nitrogen and oxygen atoms in total. The lowest BCUT2D eigenvalue weighted by atomic mass is 9.96. The number of methoxy groups -OCH3 is 1. The molecule has 2 amide bonds. The summed E-state index contributed by atoms with van der Waals surface area (Å²) in [5.74, 6) is -0.539. The van der Waals surface area contributed by atoms with Crippen molar-refractivity contribution in [2.75, 3.05) is 13.7 Å². The zero-order chi connectivity index (χ0) is 18.7. The SMILES string of the molecule is COC(=O)[C@H](NC(=O)N1CCc2[nH]cnc2[C@H]1c1ccncc1)C(C)C. The number of rotatable bonds is 4. The lowest BCUT2D eigenvalue weighted by molar-refractivity contribution is -0.144. The number of amides is 2. The van der Waals surface area contributed by atoms with Crippen molar-refractivity contribution in [3.8, 4) is 0 Å². The highest BCUT2D eigenvalue weighted by Gasteiger charge is 2.36. The Bertz CT molecular complexity index is 774. The second-order valence-corrected chi connectivity index (χ2v) is 6.59. The molecule has 0 aromatic carbocycles. The van der Waals surface area contributed by atoms with Gasteiger partial charge < -0.3 is 19.9 Å². The van der Waals surface area contributed by atoms with Gasteiger partial charge in [-0.3, -0.25) is 4.98 Å². The molecule has 0 spiro atoms. The van der Waals surface area contributed by atoms with Crippen LogP contribution in [0.4, 0.5) is 4.79 Å². The molecule has 0 saturated carbocycles. The van der Waals surface area contributed by atoms with Crippen LogP contribution in [0.1, 0.15) is 36.8 Å². The van der Waals surface area contributed by atoms with E-state index in [1.807, 2.05) is 26.0 Å². The molecule has 2 aromatic heterocycles. The van der Waals surface area contributed by atoms with Crippen molar-refractivity contribution < 1.29 is 14.3 Å². The van der Waals surface area contributed by atoms with Crippen LogP contribution in [0.15, 0.2) is 30.9 Å². The van der Waals surface area contributed by atoms with Crippen LogP contribution in [-0.4, -0.2) is 51.5 Å². The Balaban J connectivity index is 1.90. The van der Waals surface area contributed by atoms with Gasteiger partial charge >= 0.3 is 12.0 Å². The monoisotopic (exact) mass is 357 g/mol. The number of esters is 1. The van der Waals surface area contributed by atoms with Gasteiger partial charge in [0.05, 0.1) is 19.1 Å². The van der Waals surface area contributed by atoms with E-state index in [1.54, 1.807) is 23.6 Å². The van der Waals surface area contributed by atoms with Gasteiger partial charge in [0.25, 0.3) is 0 Å². The molecule has 0 unspecified atom stereocenters. The number of H-pyrrole nitrogens is 1. The molecule has 0 aliphatic carbocycles. The molecule has 2 N–H and O–H groups in total. The second kappa shape index (κ2) is 7.55. The first-order chi connectivity index (χ1) is 12.5. The lowest BCUT2D eigenvalue weighted by Gasteiger charge is -2.36. The summed E-state index contributed by atoms with van der Waals surface area (Å²) < 4.78 is 4.82. The summed E-state index contributed by atoms with van der Waals surface area (Å²) in [6.07, 6.45) is 5.70. The summed E-state index contributed by atoms with van der Waals surface area (Å²) in [6, 6.07) is 2.39. The van der Waals surface area contributed by atoms with Crippen LogP contribution in [0.5, 0.6) is 0 Å². The number of pyridine rings is 1. The normalized spacial score (nSPS) is 17.5. The average Bonchev–Trinajstić information content (AvgIpc) is 3.13. The minimum absolute atomic E-state index is 0.0866. The number of imidazole rings is 1. The van der Waals surface area contributed by atoms with E-state index in [-0.39, 0.29) is 18.0 Å². The number of aromatic nitrogens is 3. The molecule has 1 aliphatic heterocycles. The minimum Gasteiger partial charge on any atom is -0.467 e. The molecular formula is C18H23N5O3. The van der Waals surface area contributed by atoms with Gasteiger partial charge in [-0.1, -0.05) is 13.8 Å². The Hall–Kier alpha value is -2.90. The standard InChI is InChI=1S/C18H23N5O3/c1-11(2)14(17(24)26-3)22-18(25)23-9-6-13-15(21-10-20-13)16(23)12-4-7-19-8-5-12/h4-5,7-8,10-11,14,16H,6,9H2,1-3H3,(H,20,21)(H,22,25)/t14-,16-/m1/s1. The van der Waals surface area contributed by atoms with Crippen molar-refractivity contribution in [3.05, 3.63) is 47.8 Å². The predicted octanol–water partition coefficient (Wildman–Crippen LogP) is 1.66. The number of fused-ring (bicyclic) bond motifs is 1. The number of nitrogens with one attached hydrogen (secondary N) is 2. The third-order valence-electron chi connectivity index (χ3n) is 4.61. The zero-order valence-electron chi connectivity index (χ0n) is 15.1. The highest BCUT2D eigenvalue weighted by Crippen LogP contribution is 2.33. The minimum atomic E-state index is -0.703. The van der Waals surface area contributed by atoms with Gasteiger partial charge in [-0.15, -0.1) is 0 Å². The molecule has 0 radical (unpaired) electrons. The molecule has 3 rings (SSSR count). The number of nitrogens with zero attached hydrogens (tertiary/aromatic N) is 3. The van der Waals surface area contributed by atoms with Crippen molar-refractivity contribution in [2.24, 2.45) is 5.92 Å². The number of carbonyl (C=O) groups is 2. The highest BCUT2D eigenvalue weighted by molar-refractivity contribution is 5.84. The number of urea groups is 1. The molecule has 138 valence electrons. The van der Waals surface area contributed by atoms with Crippen LogP contribution in [0.2, 0.25) is 0 Å². The van der Waals surface area contributed by atoms with Crippen molar-refractivity contribution in [1.82, 2.24) is 25.2 Å². The summed E-state index contributed by atoms with van der Waals surface area (Å²) >= 11 is 0. The largest absolute Gasteiger partial charge is 0.467 e. The third kappa shape index (κ3) is 3.40. The first-order valence-corrected chi connectivity index (χ1v) is 8.60. The van der Waals surface area contributed by atoms with E-state index in [2.05, 4.69) is 20.3 Å². The molecule has 26 heavy (non-hydrogen) atoms. The van der Waals surface area contributed by atoms with Crippen LogP contribution in [0.25, 0.3) is 0 Å². The summed E-state index contributed by atoms with van der Waals surface area (Å²) in [7, 11) is 1.32. The maximum Gasteiger partial charge on any atom is 0.328 e. The van der Waals surface area contributed by atoms with Crippen LogP contribution < -0.4 is 5.32 Å². The molecule has 1 aliphatic rings. The van der Waals surface area contributed by atoms with Crippen LogP contribution in [0.3, 0.4) is 0 Å². The molecule has 2 atom stereocenters. The number of hydrogen-bond acceptors (Lipinski definition) is 5. The summed E-state index contributed by atoms with van der Waals surface area (Å²) in [5.41, 5.74) is 2.75. The van der Waals surface area contributed by atoms with Crippen LogP contribution in [0, 0.1) is 5.92 Å². The second-order valence-electron chi connectivity index (χ2n) is 6.59. The van der Waals surface area contributed by atoms with E-state index in [4.69, 9.17) is 4.74 Å². The maximum atomic E-state index is 13.0. The van der Waals surface area contributed by atoms with Gasteiger partial charge in [-0.25, -0.2) is 14.6 Å². The van der Waals surface area contributed by atoms with E-state index in [0.29, 0.717) is 13.0 Å². The van der Waals surface area contributed by atoms with Crippen molar-refractivity contribution in [2.45, 2.75) is 32.4 Å². The molecule has 3 heterocycles. The van der Waals surface area contributed by atoms with E-state index in [9.17, 15) is 9.59 Å². The summed E-state index contributed by atoms with van der Waals surface area (Å²) in [5, 5.41) is 2.82. The first-order valence-electron chi connectivity index (χ1n) is 8.60. The Labute approximate surface area is 152 Å². The first kappa shape index (κ1) is 17.9. The van der Waals surface area contributed by atoms with Gasteiger partial charge in [0.15, 0.2) is 0 Å². The quantitative estimate of drug-likeness (QED) is 0.811. The lowest BCUT2D eigenvalue weighted by Crippen LogP contribution is -2.53. The van der Waals surface area contributed by atoms with Gasteiger partial charge in [0.2, 0.25) is 0 Å². The van der Waals surface area contributed by atoms with Gasteiger partial charge in [0.1, 0.15) is 12.1 Å². The Morgan fingerprint density at radius 3 is 2.73 bits per heavy atom. The van der Waals surface area contributed by atoms with E-state index < -0.39 is 12.0 Å². The molecule has 8 heteroatoms. The van der Waals surface area contributed by atoms with E-state index in [1.165, 1.54) is 7.11 Å². The van der Waals surface area contributed by atoms with Gasteiger partial charge in [-0.05, 0) is 23.6 Å². The van der Waals surface area contributed by atoms with Crippen LogP contribution in [-0.2, 0) is 16.0 Å². The Kier molecular flexibility index (Phi) is 5.20. The molecule has 0 bridgehead atoms.